The van der Waals surface area contributed by atoms with E-state index in [1.807, 2.05) is 38.1 Å². The highest BCUT2D eigenvalue weighted by molar-refractivity contribution is 5.92. The van der Waals surface area contributed by atoms with Crippen LogP contribution in [0.2, 0.25) is 0 Å². The number of hydrogen-bond acceptors (Lipinski definition) is 4. The maximum Gasteiger partial charge on any atom is 0.272 e. The van der Waals surface area contributed by atoms with Gasteiger partial charge in [0.2, 0.25) is 0 Å². The van der Waals surface area contributed by atoms with Gasteiger partial charge in [0.15, 0.2) is 6.61 Å². The van der Waals surface area contributed by atoms with Crippen LogP contribution >= 0.6 is 0 Å². The van der Waals surface area contributed by atoms with Crippen molar-refractivity contribution in [3.8, 4) is 5.75 Å². The minimum atomic E-state index is -0.135. The molecule has 1 saturated heterocycles. The highest BCUT2D eigenvalue weighted by atomic mass is 16.5. The average Bonchev–Trinajstić information content (AvgIpc) is 2.68. The molecule has 1 aliphatic rings. The third-order valence-corrected chi connectivity index (χ3v) is 4.72. The van der Waals surface area contributed by atoms with Gasteiger partial charge in [0.1, 0.15) is 11.4 Å². The molecule has 6 heteroatoms. The quantitative estimate of drug-likeness (QED) is 0.881. The molecule has 2 heterocycles. The van der Waals surface area contributed by atoms with Crippen molar-refractivity contribution in [2.24, 2.45) is 0 Å². The van der Waals surface area contributed by atoms with E-state index in [0.29, 0.717) is 18.8 Å². The van der Waals surface area contributed by atoms with Gasteiger partial charge >= 0.3 is 0 Å². The lowest BCUT2D eigenvalue weighted by Crippen LogP contribution is -2.47. The van der Waals surface area contributed by atoms with Crippen LogP contribution in [0.5, 0.6) is 5.75 Å². The van der Waals surface area contributed by atoms with E-state index in [-0.39, 0.29) is 24.5 Å². The maximum absolute atomic E-state index is 12.4. The van der Waals surface area contributed by atoms with Crippen molar-refractivity contribution in [3.63, 3.8) is 0 Å². The third kappa shape index (κ3) is 5.06. The first-order chi connectivity index (χ1) is 13.0. The molecule has 0 unspecified atom stereocenters. The smallest absolute Gasteiger partial charge is 0.272 e. The molecule has 1 N–H and O–H groups in total. The molecule has 2 amide bonds. The number of benzene rings is 1. The monoisotopic (exact) mass is 367 g/mol. The Morgan fingerprint density at radius 1 is 1.19 bits per heavy atom. The van der Waals surface area contributed by atoms with Gasteiger partial charge < -0.3 is 15.0 Å². The van der Waals surface area contributed by atoms with Crippen LogP contribution in [0.25, 0.3) is 0 Å². The Morgan fingerprint density at radius 2 is 1.96 bits per heavy atom. The summed E-state index contributed by atoms with van der Waals surface area (Å²) in [6.45, 7) is 5.20. The molecule has 0 aliphatic carbocycles. The lowest BCUT2D eigenvalue weighted by atomic mass is 10.0. The Labute approximate surface area is 159 Å². The van der Waals surface area contributed by atoms with E-state index in [1.165, 1.54) is 0 Å². The van der Waals surface area contributed by atoms with E-state index in [2.05, 4.69) is 10.3 Å². The first-order valence-corrected chi connectivity index (χ1v) is 9.22. The van der Waals surface area contributed by atoms with Crippen molar-refractivity contribution in [1.82, 2.24) is 15.2 Å². The van der Waals surface area contributed by atoms with Gasteiger partial charge in [-0.15, -0.1) is 0 Å². The SMILES string of the molecule is Cc1ccc(OCC(=O)NC2CCN(C(=O)c3ccccn3)CC2)c(C)c1. The van der Waals surface area contributed by atoms with E-state index in [0.717, 1.165) is 29.7 Å². The summed E-state index contributed by atoms with van der Waals surface area (Å²) in [6, 6.07) is 11.3. The van der Waals surface area contributed by atoms with Crippen molar-refractivity contribution in [2.45, 2.75) is 32.7 Å². The van der Waals surface area contributed by atoms with Crippen LogP contribution < -0.4 is 10.1 Å². The van der Waals surface area contributed by atoms with E-state index in [9.17, 15) is 9.59 Å². The molecular weight excluding hydrogens is 342 g/mol. The summed E-state index contributed by atoms with van der Waals surface area (Å²) in [5.41, 5.74) is 2.64. The molecule has 0 spiro atoms. The Balaban J connectivity index is 1.43. The second-order valence-corrected chi connectivity index (χ2v) is 6.91. The zero-order chi connectivity index (χ0) is 19.2. The van der Waals surface area contributed by atoms with Gasteiger partial charge in [-0.05, 0) is 50.5 Å². The van der Waals surface area contributed by atoms with Gasteiger partial charge in [0.25, 0.3) is 11.8 Å². The fourth-order valence-electron chi connectivity index (χ4n) is 3.25. The molecule has 1 aliphatic heterocycles. The van der Waals surface area contributed by atoms with Gasteiger partial charge in [-0.3, -0.25) is 14.6 Å². The molecule has 0 bridgehead atoms. The summed E-state index contributed by atoms with van der Waals surface area (Å²) in [5.74, 6) is 0.537. The van der Waals surface area contributed by atoms with Crippen LogP contribution in [0.15, 0.2) is 42.6 Å². The first-order valence-electron chi connectivity index (χ1n) is 9.22. The Bertz CT molecular complexity index is 800. The van der Waals surface area contributed by atoms with E-state index < -0.39 is 0 Å². The largest absolute Gasteiger partial charge is 0.484 e. The van der Waals surface area contributed by atoms with E-state index in [4.69, 9.17) is 4.74 Å². The van der Waals surface area contributed by atoms with Gasteiger partial charge in [0.05, 0.1) is 0 Å². The zero-order valence-corrected chi connectivity index (χ0v) is 15.8. The number of piperidine rings is 1. The summed E-state index contributed by atoms with van der Waals surface area (Å²) in [7, 11) is 0. The fourth-order valence-corrected chi connectivity index (χ4v) is 3.25. The summed E-state index contributed by atoms with van der Waals surface area (Å²) in [6.07, 6.45) is 3.08. The minimum absolute atomic E-state index is 0.00299. The molecule has 0 saturated carbocycles. The predicted molar refractivity (Wildman–Crippen MR) is 103 cm³/mol. The van der Waals surface area contributed by atoms with Crippen LogP contribution in [-0.2, 0) is 4.79 Å². The molecule has 1 fully saturated rings. The molecule has 2 aromatic rings. The van der Waals surface area contributed by atoms with Crippen molar-refractivity contribution < 1.29 is 14.3 Å². The number of likely N-dealkylation sites (tertiary alicyclic amines) is 1. The van der Waals surface area contributed by atoms with Crippen molar-refractivity contribution in [3.05, 3.63) is 59.4 Å². The standard InChI is InChI=1S/C21H25N3O3/c1-15-6-7-19(16(2)13-15)27-14-20(25)23-17-8-11-24(12-9-17)21(26)18-5-3-4-10-22-18/h3-7,10,13,17H,8-9,11-12,14H2,1-2H3,(H,23,25). The van der Waals surface area contributed by atoms with Crippen molar-refractivity contribution in [2.75, 3.05) is 19.7 Å². The summed E-state index contributed by atoms with van der Waals surface area (Å²) in [5, 5.41) is 3.00. The highest BCUT2D eigenvalue weighted by Crippen LogP contribution is 2.18. The van der Waals surface area contributed by atoms with E-state index >= 15 is 0 Å². The Morgan fingerprint density at radius 3 is 2.63 bits per heavy atom. The van der Waals surface area contributed by atoms with Gasteiger partial charge in [-0.2, -0.15) is 0 Å². The molecular formula is C21H25N3O3. The average molecular weight is 367 g/mol. The predicted octanol–water partition coefficient (Wildman–Crippen LogP) is 2.50. The van der Waals surface area contributed by atoms with Crippen LogP contribution in [0.3, 0.4) is 0 Å². The minimum Gasteiger partial charge on any atom is -0.484 e. The number of carbonyl (C=O) groups excluding carboxylic acids is 2. The van der Waals surface area contributed by atoms with Crippen molar-refractivity contribution >= 4 is 11.8 Å². The summed E-state index contributed by atoms with van der Waals surface area (Å²) in [4.78, 5) is 30.5. The number of nitrogens with one attached hydrogen (secondary N) is 1. The molecule has 0 atom stereocenters. The lowest BCUT2D eigenvalue weighted by Gasteiger charge is -2.32. The second kappa shape index (κ2) is 8.66. The molecule has 6 nitrogen and oxygen atoms in total. The number of carbonyl (C=O) groups is 2. The summed E-state index contributed by atoms with van der Waals surface area (Å²) >= 11 is 0. The fraction of sp³-hybridized carbons (Fsp3) is 0.381. The van der Waals surface area contributed by atoms with Crippen LogP contribution in [0, 0.1) is 13.8 Å². The normalized spacial score (nSPS) is 14.7. The number of nitrogens with zero attached hydrogens (tertiary/aromatic N) is 2. The van der Waals surface area contributed by atoms with Gasteiger partial charge in [-0.1, -0.05) is 23.8 Å². The first kappa shape index (κ1) is 18.9. The Kier molecular flexibility index (Phi) is 6.06. The van der Waals surface area contributed by atoms with Crippen LogP contribution in [-0.4, -0.2) is 47.4 Å². The lowest BCUT2D eigenvalue weighted by molar-refractivity contribution is -0.124. The van der Waals surface area contributed by atoms with Crippen LogP contribution in [0.1, 0.15) is 34.5 Å². The Hall–Kier alpha value is -2.89. The third-order valence-electron chi connectivity index (χ3n) is 4.72. The second-order valence-electron chi connectivity index (χ2n) is 6.91. The molecule has 1 aromatic carbocycles. The number of aromatic nitrogens is 1. The maximum atomic E-state index is 12.4. The van der Waals surface area contributed by atoms with Crippen molar-refractivity contribution in [1.29, 1.82) is 0 Å². The number of pyridine rings is 1. The number of aryl methyl sites for hydroxylation is 2. The van der Waals surface area contributed by atoms with E-state index in [1.54, 1.807) is 23.2 Å². The topological polar surface area (TPSA) is 71.5 Å². The van der Waals surface area contributed by atoms with Gasteiger partial charge in [-0.25, -0.2) is 0 Å². The number of rotatable bonds is 5. The van der Waals surface area contributed by atoms with Gasteiger partial charge in [0, 0.05) is 25.3 Å². The van der Waals surface area contributed by atoms with Crippen LogP contribution in [0.4, 0.5) is 0 Å². The molecule has 142 valence electrons. The molecule has 0 radical (unpaired) electrons. The number of ether oxygens (including phenoxy) is 1. The zero-order valence-electron chi connectivity index (χ0n) is 15.8. The molecule has 1 aromatic heterocycles. The highest BCUT2D eigenvalue weighted by Gasteiger charge is 2.25. The molecule has 27 heavy (non-hydrogen) atoms. The molecule has 3 rings (SSSR count). The summed E-state index contributed by atoms with van der Waals surface area (Å²) < 4.78 is 5.63. The number of hydrogen-bond donors (Lipinski definition) is 1. The number of amides is 2.